The molecule has 0 amide bonds. The number of halogens is 3. The zero-order valence-electron chi connectivity index (χ0n) is 16.5. The van der Waals surface area contributed by atoms with Crippen molar-refractivity contribution in [3.8, 4) is 5.75 Å². The van der Waals surface area contributed by atoms with Gasteiger partial charge in [0.15, 0.2) is 0 Å². The molecule has 0 aliphatic rings. The third-order valence-corrected chi connectivity index (χ3v) is 5.51. The maximum absolute atomic E-state index is 14.3. The van der Waals surface area contributed by atoms with Gasteiger partial charge in [-0.3, -0.25) is 4.79 Å². The third-order valence-electron chi connectivity index (χ3n) is 5.21. The van der Waals surface area contributed by atoms with E-state index in [4.69, 9.17) is 11.6 Å². The lowest BCUT2D eigenvalue weighted by molar-refractivity contribution is 0.0695. The van der Waals surface area contributed by atoms with Crippen LogP contribution in [0.1, 0.15) is 27.0 Å². The molecular weight excluding hydrogens is 440 g/mol. The van der Waals surface area contributed by atoms with Crippen LogP contribution in [0.2, 0.25) is 5.02 Å². The molecule has 5 nitrogen and oxygen atoms in total. The zero-order chi connectivity index (χ0) is 23.0. The van der Waals surface area contributed by atoms with Crippen molar-refractivity contribution in [1.82, 2.24) is 4.57 Å². The van der Waals surface area contributed by atoms with Crippen molar-refractivity contribution in [2.75, 3.05) is 0 Å². The molecule has 0 fully saturated rings. The standard InChI is InChI=1S/C24H16ClF2NO4/c25-18-3-1-2-14(21(18)27)10-15-6-9-19-20(22(15)29)23(30)17(24(31)32)12-28(19)11-13-4-7-16(26)8-5-13/h1-9,12,29H,10-11H2,(H,31,32). The van der Waals surface area contributed by atoms with Gasteiger partial charge >= 0.3 is 5.97 Å². The summed E-state index contributed by atoms with van der Waals surface area (Å²) in [7, 11) is 0. The quantitative estimate of drug-likeness (QED) is 0.445. The second-order valence-electron chi connectivity index (χ2n) is 7.29. The van der Waals surface area contributed by atoms with Gasteiger partial charge in [0.1, 0.15) is 22.9 Å². The number of aromatic hydroxyl groups is 1. The summed E-state index contributed by atoms with van der Waals surface area (Å²) in [5.74, 6) is -2.93. The third kappa shape index (κ3) is 3.94. The van der Waals surface area contributed by atoms with E-state index in [2.05, 4.69) is 0 Å². The highest BCUT2D eigenvalue weighted by atomic mass is 35.5. The predicted molar refractivity (Wildman–Crippen MR) is 117 cm³/mol. The average molecular weight is 456 g/mol. The number of carboxylic acids is 1. The van der Waals surface area contributed by atoms with Crippen LogP contribution in [0.3, 0.4) is 0 Å². The number of carbonyl (C=O) groups is 1. The van der Waals surface area contributed by atoms with Crippen molar-refractivity contribution in [2.24, 2.45) is 0 Å². The first-order chi connectivity index (χ1) is 15.3. The Morgan fingerprint density at radius 2 is 1.72 bits per heavy atom. The molecule has 162 valence electrons. The Morgan fingerprint density at radius 1 is 1.00 bits per heavy atom. The number of phenolic OH excluding ortho intramolecular Hbond substituents is 1. The number of benzene rings is 3. The zero-order valence-corrected chi connectivity index (χ0v) is 17.2. The molecule has 3 aromatic carbocycles. The van der Waals surface area contributed by atoms with E-state index in [1.165, 1.54) is 47.2 Å². The van der Waals surface area contributed by atoms with Gasteiger partial charge in [0.2, 0.25) is 5.43 Å². The minimum Gasteiger partial charge on any atom is -0.507 e. The second kappa shape index (κ2) is 8.43. The minimum absolute atomic E-state index is 0.0527. The fourth-order valence-electron chi connectivity index (χ4n) is 3.61. The molecule has 4 aromatic rings. The van der Waals surface area contributed by atoms with Gasteiger partial charge in [-0.15, -0.1) is 0 Å². The Kier molecular flexibility index (Phi) is 5.67. The van der Waals surface area contributed by atoms with Gasteiger partial charge < -0.3 is 14.8 Å². The van der Waals surface area contributed by atoms with Crippen LogP contribution in [0.4, 0.5) is 8.78 Å². The number of hydrogen-bond acceptors (Lipinski definition) is 3. The summed E-state index contributed by atoms with van der Waals surface area (Å²) in [6.07, 6.45) is 1.13. The first-order valence-electron chi connectivity index (χ1n) is 9.55. The van der Waals surface area contributed by atoms with E-state index in [0.717, 1.165) is 0 Å². The molecule has 0 atom stereocenters. The summed E-state index contributed by atoms with van der Waals surface area (Å²) in [6, 6.07) is 13.2. The lowest BCUT2D eigenvalue weighted by Crippen LogP contribution is -2.19. The number of nitrogens with zero attached hydrogens (tertiary/aromatic N) is 1. The van der Waals surface area contributed by atoms with Crippen LogP contribution in [0.25, 0.3) is 10.9 Å². The van der Waals surface area contributed by atoms with Gasteiger partial charge in [0, 0.05) is 19.2 Å². The maximum atomic E-state index is 14.3. The summed E-state index contributed by atoms with van der Waals surface area (Å²) >= 11 is 5.82. The Labute approximate surface area is 185 Å². The summed E-state index contributed by atoms with van der Waals surface area (Å²) in [6.45, 7) is 0.138. The second-order valence-corrected chi connectivity index (χ2v) is 7.70. The Morgan fingerprint density at radius 3 is 2.41 bits per heavy atom. The highest BCUT2D eigenvalue weighted by molar-refractivity contribution is 6.30. The van der Waals surface area contributed by atoms with Gasteiger partial charge in [0.05, 0.1) is 15.9 Å². The number of pyridine rings is 1. The van der Waals surface area contributed by atoms with Gasteiger partial charge in [-0.25, -0.2) is 13.6 Å². The largest absolute Gasteiger partial charge is 0.507 e. The van der Waals surface area contributed by atoms with Crippen molar-refractivity contribution in [3.05, 3.63) is 110 Å². The monoisotopic (exact) mass is 455 g/mol. The molecule has 0 saturated heterocycles. The Balaban J connectivity index is 1.89. The molecule has 0 spiro atoms. The van der Waals surface area contributed by atoms with Crippen molar-refractivity contribution >= 4 is 28.5 Å². The molecule has 1 aromatic heterocycles. The topological polar surface area (TPSA) is 79.5 Å². The normalized spacial score (nSPS) is 11.1. The van der Waals surface area contributed by atoms with Crippen LogP contribution >= 0.6 is 11.6 Å². The summed E-state index contributed by atoms with van der Waals surface area (Å²) in [5, 5.41) is 20.1. The molecule has 32 heavy (non-hydrogen) atoms. The first kappa shape index (κ1) is 21.5. The number of fused-ring (bicyclic) bond motifs is 1. The number of phenols is 1. The SMILES string of the molecule is O=C(O)c1cn(Cc2ccc(F)cc2)c2ccc(Cc3cccc(Cl)c3F)c(O)c2c1=O. The van der Waals surface area contributed by atoms with Crippen molar-refractivity contribution in [3.63, 3.8) is 0 Å². The highest BCUT2D eigenvalue weighted by Crippen LogP contribution is 2.30. The summed E-state index contributed by atoms with van der Waals surface area (Å²) in [5.41, 5.74) is 0.0315. The fraction of sp³-hybridized carbons (Fsp3) is 0.0833. The van der Waals surface area contributed by atoms with Crippen molar-refractivity contribution in [2.45, 2.75) is 13.0 Å². The smallest absolute Gasteiger partial charge is 0.341 e. The minimum atomic E-state index is -1.45. The molecule has 8 heteroatoms. The van der Waals surface area contributed by atoms with Crippen LogP contribution in [0.5, 0.6) is 5.75 Å². The molecule has 0 aliphatic carbocycles. The van der Waals surface area contributed by atoms with E-state index in [0.29, 0.717) is 5.56 Å². The molecular formula is C24H16ClF2NO4. The predicted octanol–water partition coefficient (Wildman–Crippen LogP) is 4.98. The van der Waals surface area contributed by atoms with Crippen LogP contribution < -0.4 is 5.43 Å². The van der Waals surface area contributed by atoms with Crippen LogP contribution in [0, 0.1) is 11.6 Å². The van der Waals surface area contributed by atoms with Gasteiger partial charge in [-0.05, 0) is 41.0 Å². The number of carboxylic acid groups (broad SMARTS) is 1. The van der Waals surface area contributed by atoms with E-state index in [9.17, 15) is 28.6 Å². The van der Waals surface area contributed by atoms with E-state index >= 15 is 0 Å². The van der Waals surface area contributed by atoms with Crippen LogP contribution in [-0.4, -0.2) is 20.7 Å². The number of aromatic nitrogens is 1. The van der Waals surface area contributed by atoms with Crippen LogP contribution in [0.15, 0.2) is 65.6 Å². The average Bonchev–Trinajstić information content (AvgIpc) is 2.76. The van der Waals surface area contributed by atoms with Crippen molar-refractivity contribution < 1.29 is 23.8 Å². The van der Waals surface area contributed by atoms with Gasteiger partial charge in [-0.1, -0.05) is 41.9 Å². The Bertz CT molecular complexity index is 1410. The molecule has 4 rings (SSSR count). The summed E-state index contributed by atoms with van der Waals surface area (Å²) in [4.78, 5) is 24.5. The lowest BCUT2D eigenvalue weighted by atomic mass is 9.99. The number of hydrogen-bond donors (Lipinski definition) is 2. The van der Waals surface area contributed by atoms with Crippen molar-refractivity contribution in [1.29, 1.82) is 0 Å². The van der Waals surface area contributed by atoms with E-state index in [1.54, 1.807) is 18.2 Å². The first-order valence-corrected chi connectivity index (χ1v) is 9.92. The molecule has 0 aliphatic heterocycles. The molecule has 2 N–H and O–H groups in total. The molecule has 0 bridgehead atoms. The maximum Gasteiger partial charge on any atom is 0.341 e. The molecule has 0 unspecified atom stereocenters. The number of aromatic carboxylic acids is 1. The van der Waals surface area contributed by atoms with E-state index < -0.39 is 34.3 Å². The van der Waals surface area contributed by atoms with Crippen LogP contribution in [-0.2, 0) is 13.0 Å². The lowest BCUT2D eigenvalue weighted by Gasteiger charge is -2.15. The van der Waals surface area contributed by atoms with Gasteiger partial charge in [0.25, 0.3) is 0 Å². The van der Waals surface area contributed by atoms with E-state index in [-0.39, 0.29) is 40.0 Å². The summed E-state index contributed by atoms with van der Waals surface area (Å²) < 4.78 is 29.1. The highest BCUT2D eigenvalue weighted by Gasteiger charge is 2.20. The fourth-order valence-corrected chi connectivity index (χ4v) is 3.80. The number of rotatable bonds is 5. The molecule has 1 heterocycles. The molecule has 0 radical (unpaired) electrons. The van der Waals surface area contributed by atoms with E-state index in [1.807, 2.05) is 0 Å². The molecule has 0 saturated carbocycles. The Hall–Kier alpha value is -3.71. The van der Waals surface area contributed by atoms with Gasteiger partial charge in [-0.2, -0.15) is 0 Å².